The lowest BCUT2D eigenvalue weighted by Gasteiger charge is -2.07. The number of hydrogen-bond acceptors (Lipinski definition) is 5. The molecule has 88 valence electrons. The molecule has 1 aromatic carbocycles. The van der Waals surface area contributed by atoms with Gasteiger partial charge in [-0.1, -0.05) is 0 Å². The van der Waals surface area contributed by atoms with Crippen molar-refractivity contribution in [3.63, 3.8) is 0 Å². The molecule has 0 fully saturated rings. The highest BCUT2D eigenvalue weighted by atomic mass is 32.2. The van der Waals surface area contributed by atoms with Crippen molar-refractivity contribution >= 4 is 15.7 Å². The van der Waals surface area contributed by atoms with Gasteiger partial charge in [-0.05, 0) is 13.1 Å². The number of nitrogens with one attached hydrogen (secondary N) is 1. The molecule has 1 N–H and O–H groups in total. The molecule has 0 aromatic heterocycles. The molecule has 0 aliphatic rings. The van der Waals surface area contributed by atoms with Crippen molar-refractivity contribution < 1.29 is 18.1 Å². The highest BCUT2D eigenvalue weighted by Crippen LogP contribution is 2.27. The summed E-state index contributed by atoms with van der Waals surface area (Å²) < 4.78 is 29.9. The quantitative estimate of drug-likeness (QED) is 0.616. The van der Waals surface area contributed by atoms with Crippen molar-refractivity contribution in [2.75, 3.05) is 14.2 Å². The van der Waals surface area contributed by atoms with Crippen LogP contribution in [0.5, 0.6) is 5.75 Å². The maximum Gasteiger partial charge on any atom is 0.273 e. The second-order valence-electron chi connectivity index (χ2n) is 2.80. The molecule has 0 saturated heterocycles. The van der Waals surface area contributed by atoms with Crippen LogP contribution in [0, 0.1) is 10.1 Å². The van der Waals surface area contributed by atoms with Crippen LogP contribution in [0.4, 0.5) is 5.69 Å². The maximum absolute atomic E-state index is 11.5. The van der Waals surface area contributed by atoms with Gasteiger partial charge in [-0.2, -0.15) is 0 Å². The highest BCUT2D eigenvalue weighted by molar-refractivity contribution is 7.89. The van der Waals surface area contributed by atoms with E-state index in [0.29, 0.717) is 0 Å². The molecule has 1 aromatic rings. The zero-order chi connectivity index (χ0) is 12.3. The Bertz CT molecular complexity index is 511. The Morgan fingerprint density at radius 2 is 2.06 bits per heavy atom. The van der Waals surface area contributed by atoms with Crippen LogP contribution in [-0.2, 0) is 10.0 Å². The van der Waals surface area contributed by atoms with Gasteiger partial charge in [0, 0.05) is 6.07 Å². The van der Waals surface area contributed by atoms with Crippen molar-refractivity contribution in [1.29, 1.82) is 0 Å². The van der Waals surface area contributed by atoms with Crippen molar-refractivity contribution in [3.8, 4) is 5.75 Å². The van der Waals surface area contributed by atoms with Crippen molar-refractivity contribution in [2.45, 2.75) is 4.90 Å². The molecule has 0 amide bonds. The van der Waals surface area contributed by atoms with Gasteiger partial charge in [-0.3, -0.25) is 10.1 Å². The number of methoxy groups -OCH3 is 1. The largest absolute Gasteiger partial charge is 0.495 e. The summed E-state index contributed by atoms with van der Waals surface area (Å²) in [6, 6.07) is 3.29. The fourth-order valence-corrected chi connectivity index (χ4v) is 1.98. The SMILES string of the molecule is CNS(=O)(=O)c1ccc([N+](=O)[O-])cc1OC. The third-order valence-electron chi connectivity index (χ3n) is 1.92. The monoisotopic (exact) mass is 246 g/mol. The predicted octanol–water partition coefficient (Wildman–Crippen LogP) is 0.511. The van der Waals surface area contributed by atoms with Crippen molar-refractivity contribution in [1.82, 2.24) is 4.72 Å². The van der Waals surface area contributed by atoms with E-state index in [4.69, 9.17) is 4.74 Å². The minimum Gasteiger partial charge on any atom is -0.495 e. The molecule has 7 nitrogen and oxygen atoms in total. The van der Waals surface area contributed by atoms with E-state index < -0.39 is 14.9 Å². The van der Waals surface area contributed by atoms with Gasteiger partial charge in [0.05, 0.1) is 18.1 Å². The Labute approximate surface area is 92.2 Å². The number of nitro benzene ring substituents is 1. The van der Waals surface area contributed by atoms with E-state index in [1.54, 1.807) is 0 Å². The van der Waals surface area contributed by atoms with E-state index in [0.717, 1.165) is 18.2 Å². The number of nitrogens with zero attached hydrogens (tertiary/aromatic N) is 1. The number of rotatable bonds is 4. The Kier molecular flexibility index (Phi) is 3.45. The Morgan fingerprint density at radius 3 is 2.50 bits per heavy atom. The summed E-state index contributed by atoms with van der Waals surface area (Å²) in [5.74, 6) is -0.0662. The average molecular weight is 246 g/mol. The molecular formula is C8H10N2O5S. The van der Waals surface area contributed by atoms with Gasteiger partial charge in [-0.15, -0.1) is 0 Å². The number of non-ortho nitro benzene ring substituents is 1. The average Bonchev–Trinajstić information content (AvgIpc) is 2.28. The van der Waals surface area contributed by atoms with Crippen molar-refractivity contribution in [2.24, 2.45) is 0 Å². The van der Waals surface area contributed by atoms with E-state index in [1.807, 2.05) is 0 Å². The fourth-order valence-electron chi connectivity index (χ4n) is 1.10. The number of ether oxygens (including phenoxy) is 1. The van der Waals surface area contributed by atoms with Gasteiger partial charge < -0.3 is 4.74 Å². The van der Waals surface area contributed by atoms with Gasteiger partial charge in [0.2, 0.25) is 10.0 Å². The molecule has 16 heavy (non-hydrogen) atoms. The summed E-state index contributed by atoms with van der Waals surface area (Å²) in [4.78, 5) is 9.72. The predicted molar refractivity (Wildman–Crippen MR) is 55.9 cm³/mol. The van der Waals surface area contributed by atoms with Crippen LogP contribution in [-0.4, -0.2) is 27.5 Å². The van der Waals surface area contributed by atoms with Gasteiger partial charge in [0.15, 0.2) is 0 Å². The first-order valence-corrected chi connectivity index (χ1v) is 5.66. The lowest BCUT2D eigenvalue weighted by molar-refractivity contribution is -0.385. The number of hydrogen-bond donors (Lipinski definition) is 1. The maximum atomic E-state index is 11.5. The van der Waals surface area contributed by atoms with E-state index in [1.165, 1.54) is 14.2 Å². The van der Waals surface area contributed by atoms with Crippen LogP contribution < -0.4 is 9.46 Å². The minimum absolute atomic E-state index is 0.0662. The number of nitro groups is 1. The first-order valence-electron chi connectivity index (χ1n) is 4.18. The van der Waals surface area contributed by atoms with Crippen LogP contribution in [0.2, 0.25) is 0 Å². The Balaban J connectivity index is 3.39. The van der Waals surface area contributed by atoms with Gasteiger partial charge in [-0.25, -0.2) is 13.1 Å². The highest BCUT2D eigenvalue weighted by Gasteiger charge is 2.20. The smallest absolute Gasteiger partial charge is 0.273 e. The minimum atomic E-state index is -3.68. The molecule has 0 aliphatic carbocycles. The molecule has 0 atom stereocenters. The summed E-state index contributed by atoms with van der Waals surface area (Å²) in [5.41, 5.74) is -0.230. The summed E-state index contributed by atoms with van der Waals surface area (Å²) in [6.07, 6.45) is 0. The first kappa shape index (κ1) is 12.4. The lowest BCUT2D eigenvalue weighted by atomic mass is 10.3. The van der Waals surface area contributed by atoms with E-state index >= 15 is 0 Å². The third kappa shape index (κ3) is 2.28. The van der Waals surface area contributed by atoms with Gasteiger partial charge in [0.1, 0.15) is 10.6 Å². The number of benzene rings is 1. The standard InChI is InChI=1S/C8H10N2O5S/c1-9-16(13,14)8-4-3-6(10(11)12)5-7(8)15-2/h3-5,9H,1-2H3. The van der Waals surface area contributed by atoms with Crippen LogP contribution in [0.25, 0.3) is 0 Å². The number of sulfonamides is 1. The second-order valence-corrected chi connectivity index (χ2v) is 4.65. The van der Waals surface area contributed by atoms with E-state index in [2.05, 4.69) is 4.72 Å². The Hall–Kier alpha value is -1.67. The molecule has 0 spiro atoms. The zero-order valence-corrected chi connectivity index (χ0v) is 9.45. The fraction of sp³-hybridized carbons (Fsp3) is 0.250. The lowest BCUT2D eigenvalue weighted by Crippen LogP contribution is -2.19. The molecule has 0 heterocycles. The zero-order valence-electron chi connectivity index (χ0n) is 8.63. The normalized spacial score (nSPS) is 11.1. The summed E-state index contributed by atoms with van der Waals surface area (Å²) in [7, 11) is -1.19. The van der Waals surface area contributed by atoms with Crippen LogP contribution in [0.1, 0.15) is 0 Å². The Morgan fingerprint density at radius 1 is 1.44 bits per heavy atom. The summed E-state index contributed by atoms with van der Waals surface area (Å²) in [6.45, 7) is 0. The first-order chi connectivity index (χ1) is 7.42. The topological polar surface area (TPSA) is 98.5 Å². The molecule has 0 aliphatic heterocycles. The summed E-state index contributed by atoms with van der Waals surface area (Å²) in [5, 5.41) is 10.5. The van der Waals surface area contributed by atoms with Crippen LogP contribution in [0.3, 0.4) is 0 Å². The molecule has 0 radical (unpaired) electrons. The molecule has 0 saturated carbocycles. The van der Waals surface area contributed by atoms with Gasteiger partial charge in [0.25, 0.3) is 5.69 Å². The summed E-state index contributed by atoms with van der Waals surface area (Å²) >= 11 is 0. The van der Waals surface area contributed by atoms with E-state index in [9.17, 15) is 18.5 Å². The van der Waals surface area contributed by atoms with Crippen LogP contribution >= 0.6 is 0 Å². The molecule has 0 unspecified atom stereocenters. The third-order valence-corrected chi connectivity index (χ3v) is 3.37. The van der Waals surface area contributed by atoms with E-state index in [-0.39, 0.29) is 16.3 Å². The van der Waals surface area contributed by atoms with Crippen LogP contribution in [0.15, 0.2) is 23.1 Å². The van der Waals surface area contributed by atoms with Gasteiger partial charge >= 0.3 is 0 Å². The molecule has 0 bridgehead atoms. The molecule has 8 heteroatoms. The second kappa shape index (κ2) is 4.45. The molecule has 1 rings (SSSR count). The molecular weight excluding hydrogens is 236 g/mol. The van der Waals surface area contributed by atoms with Crippen molar-refractivity contribution in [3.05, 3.63) is 28.3 Å².